The highest BCUT2D eigenvalue weighted by Gasteiger charge is 2.09. The molecule has 0 amide bonds. The van der Waals surface area contributed by atoms with E-state index < -0.39 is 0 Å². The summed E-state index contributed by atoms with van der Waals surface area (Å²) in [6.45, 7) is 1.53. The molecular weight excluding hydrogens is 212 g/mol. The summed E-state index contributed by atoms with van der Waals surface area (Å²) in [5.41, 5.74) is 15.1. The van der Waals surface area contributed by atoms with E-state index in [0.717, 1.165) is 11.1 Å². The van der Waals surface area contributed by atoms with Gasteiger partial charge in [0.25, 0.3) is 0 Å². The normalized spacial score (nSPS) is 10.2. The van der Waals surface area contributed by atoms with Gasteiger partial charge >= 0.3 is 0 Å². The number of nitrogens with two attached hydrogens (primary N) is 2. The van der Waals surface area contributed by atoms with Gasteiger partial charge in [0.15, 0.2) is 5.78 Å². The number of nitrogen functional groups attached to an aromatic ring is 2. The van der Waals surface area contributed by atoms with Gasteiger partial charge in [-0.1, -0.05) is 18.2 Å². The van der Waals surface area contributed by atoms with Crippen molar-refractivity contribution in [1.29, 1.82) is 0 Å². The molecule has 0 aliphatic heterocycles. The summed E-state index contributed by atoms with van der Waals surface area (Å²) in [7, 11) is 0. The van der Waals surface area contributed by atoms with E-state index in [0.29, 0.717) is 16.9 Å². The second kappa shape index (κ2) is 4.29. The third-order valence-electron chi connectivity index (χ3n) is 2.62. The van der Waals surface area contributed by atoms with Gasteiger partial charge in [-0.25, -0.2) is 0 Å². The molecule has 0 spiro atoms. The van der Waals surface area contributed by atoms with E-state index in [1.54, 1.807) is 12.1 Å². The van der Waals surface area contributed by atoms with Crippen molar-refractivity contribution in [3.8, 4) is 11.1 Å². The van der Waals surface area contributed by atoms with E-state index in [9.17, 15) is 4.79 Å². The molecule has 0 saturated carbocycles. The van der Waals surface area contributed by atoms with E-state index in [1.165, 1.54) is 6.92 Å². The predicted octanol–water partition coefficient (Wildman–Crippen LogP) is 2.72. The van der Waals surface area contributed by atoms with Crippen molar-refractivity contribution in [2.45, 2.75) is 6.92 Å². The lowest BCUT2D eigenvalue weighted by Gasteiger charge is -2.08. The number of anilines is 2. The lowest BCUT2D eigenvalue weighted by atomic mass is 9.96. The first-order chi connectivity index (χ1) is 8.08. The minimum absolute atomic E-state index is 0.00488. The molecule has 3 nitrogen and oxygen atoms in total. The van der Waals surface area contributed by atoms with E-state index in [1.807, 2.05) is 30.3 Å². The first kappa shape index (κ1) is 11.2. The summed E-state index contributed by atoms with van der Waals surface area (Å²) in [4.78, 5) is 11.6. The van der Waals surface area contributed by atoms with Crippen LogP contribution >= 0.6 is 0 Å². The molecule has 0 radical (unpaired) electrons. The second-order valence-corrected chi connectivity index (χ2v) is 3.99. The number of benzene rings is 2. The Labute approximate surface area is 100 Å². The monoisotopic (exact) mass is 226 g/mol. The molecule has 17 heavy (non-hydrogen) atoms. The quantitative estimate of drug-likeness (QED) is 0.611. The summed E-state index contributed by atoms with van der Waals surface area (Å²) in [6, 6.07) is 12.8. The molecule has 0 unspecified atom stereocenters. The van der Waals surface area contributed by atoms with Gasteiger partial charge in [0, 0.05) is 16.9 Å². The fourth-order valence-corrected chi connectivity index (χ4v) is 1.81. The number of hydrogen-bond acceptors (Lipinski definition) is 3. The van der Waals surface area contributed by atoms with Crippen molar-refractivity contribution in [2.75, 3.05) is 11.5 Å². The average molecular weight is 226 g/mol. The average Bonchev–Trinajstić information content (AvgIpc) is 2.28. The summed E-state index contributed by atoms with van der Waals surface area (Å²) < 4.78 is 0. The SMILES string of the molecule is CC(=O)c1cc(N)ccc1-c1cccc(N)c1. The Kier molecular flexibility index (Phi) is 2.83. The lowest BCUT2D eigenvalue weighted by molar-refractivity contribution is 0.101. The summed E-state index contributed by atoms with van der Waals surface area (Å²) >= 11 is 0. The van der Waals surface area contributed by atoms with Crippen LogP contribution in [0, 0.1) is 0 Å². The van der Waals surface area contributed by atoms with Crippen LogP contribution in [0.25, 0.3) is 11.1 Å². The van der Waals surface area contributed by atoms with Crippen LogP contribution in [-0.4, -0.2) is 5.78 Å². The molecule has 0 fully saturated rings. The van der Waals surface area contributed by atoms with E-state index in [-0.39, 0.29) is 5.78 Å². The van der Waals surface area contributed by atoms with Gasteiger partial charge in [0.1, 0.15) is 0 Å². The van der Waals surface area contributed by atoms with E-state index in [4.69, 9.17) is 11.5 Å². The zero-order valence-corrected chi connectivity index (χ0v) is 9.60. The first-order valence-electron chi connectivity index (χ1n) is 5.34. The molecular formula is C14H14N2O. The fraction of sp³-hybridized carbons (Fsp3) is 0.0714. The minimum atomic E-state index is -0.00488. The lowest BCUT2D eigenvalue weighted by Crippen LogP contribution is -1.98. The maximum atomic E-state index is 11.6. The molecule has 0 aromatic heterocycles. The Morgan fingerprint density at radius 1 is 1.00 bits per heavy atom. The van der Waals surface area contributed by atoms with E-state index in [2.05, 4.69) is 0 Å². The Bertz CT molecular complexity index is 576. The van der Waals surface area contributed by atoms with Crippen LogP contribution in [0.3, 0.4) is 0 Å². The third kappa shape index (κ3) is 2.28. The molecule has 2 aromatic carbocycles. The number of carbonyl (C=O) groups excluding carboxylic acids is 1. The molecule has 4 N–H and O–H groups in total. The molecule has 0 atom stereocenters. The number of carbonyl (C=O) groups is 1. The van der Waals surface area contributed by atoms with Gasteiger partial charge in [0.2, 0.25) is 0 Å². The summed E-state index contributed by atoms with van der Waals surface area (Å²) in [5.74, 6) is -0.00488. The van der Waals surface area contributed by atoms with Crippen LogP contribution < -0.4 is 11.5 Å². The Morgan fingerprint density at radius 3 is 2.35 bits per heavy atom. The van der Waals surface area contributed by atoms with Crippen molar-refractivity contribution in [1.82, 2.24) is 0 Å². The van der Waals surface area contributed by atoms with Crippen LogP contribution in [0.4, 0.5) is 11.4 Å². The molecule has 0 saturated heterocycles. The van der Waals surface area contributed by atoms with Crippen molar-refractivity contribution < 1.29 is 4.79 Å². The smallest absolute Gasteiger partial charge is 0.160 e. The topological polar surface area (TPSA) is 69.1 Å². The van der Waals surface area contributed by atoms with Crippen LogP contribution in [0.1, 0.15) is 17.3 Å². The number of hydrogen-bond donors (Lipinski definition) is 2. The fourth-order valence-electron chi connectivity index (χ4n) is 1.81. The maximum Gasteiger partial charge on any atom is 0.160 e. The van der Waals surface area contributed by atoms with Crippen LogP contribution in [-0.2, 0) is 0 Å². The van der Waals surface area contributed by atoms with Crippen molar-refractivity contribution in [3.05, 3.63) is 48.0 Å². The molecule has 3 heteroatoms. The Hall–Kier alpha value is -2.29. The second-order valence-electron chi connectivity index (χ2n) is 3.99. The standard InChI is InChI=1S/C14H14N2O/c1-9(17)14-8-12(16)5-6-13(14)10-3-2-4-11(15)7-10/h2-8H,15-16H2,1H3. The summed E-state index contributed by atoms with van der Waals surface area (Å²) in [5, 5.41) is 0. The van der Waals surface area contributed by atoms with E-state index >= 15 is 0 Å². The minimum Gasteiger partial charge on any atom is -0.399 e. The predicted molar refractivity (Wildman–Crippen MR) is 70.7 cm³/mol. The van der Waals surface area contributed by atoms with Gasteiger partial charge in [-0.3, -0.25) is 4.79 Å². The largest absolute Gasteiger partial charge is 0.399 e. The molecule has 2 aromatic rings. The zero-order chi connectivity index (χ0) is 12.4. The van der Waals surface area contributed by atoms with Gasteiger partial charge in [-0.15, -0.1) is 0 Å². The summed E-state index contributed by atoms with van der Waals surface area (Å²) in [6.07, 6.45) is 0. The van der Waals surface area contributed by atoms with Crippen LogP contribution in [0.5, 0.6) is 0 Å². The Balaban J connectivity index is 2.63. The molecule has 0 heterocycles. The van der Waals surface area contributed by atoms with Crippen LogP contribution in [0.2, 0.25) is 0 Å². The zero-order valence-electron chi connectivity index (χ0n) is 9.60. The van der Waals surface area contributed by atoms with Gasteiger partial charge in [0.05, 0.1) is 0 Å². The Morgan fingerprint density at radius 2 is 1.71 bits per heavy atom. The number of ketones is 1. The molecule has 0 aliphatic rings. The highest BCUT2D eigenvalue weighted by atomic mass is 16.1. The number of rotatable bonds is 2. The highest BCUT2D eigenvalue weighted by molar-refractivity contribution is 6.01. The third-order valence-corrected chi connectivity index (χ3v) is 2.62. The molecule has 0 aliphatic carbocycles. The molecule has 0 bridgehead atoms. The van der Waals surface area contributed by atoms with Crippen molar-refractivity contribution in [3.63, 3.8) is 0 Å². The molecule has 2 rings (SSSR count). The number of Topliss-reactive ketones (excluding diaryl/α,β-unsaturated/α-hetero) is 1. The maximum absolute atomic E-state index is 11.6. The van der Waals surface area contributed by atoms with Crippen LogP contribution in [0.15, 0.2) is 42.5 Å². The van der Waals surface area contributed by atoms with Gasteiger partial charge in [-0.05, 0) is 42.3 Å². The highest BCUT2D eigenvalue weighted by Crippen LogP contribution is 2.27. The van der Waals surface area contributed by atoms with Gasteiger partial charge in [-0.2, -0.15) is 0 Å². The van der Waals surface area contributed by atoms with Crippen molar-refractivity contribution >= 4 is 17.2 Å². The first-order valence-corrected chi connectivity index (χ1v) is 5.34. The van der Waals surface area contributed by atoms with Gasteiger partial charge < -0.3 is 11.5 Å². The molecule has 86 valence electrons. The van der Waals surface area contributed by atoms with Crippen molar-refractivity contribution in [2.24, 2.45) is 0 Å².